The predicted octanol–water partition coefficient (Wildman–Crippen LogP) is 4.66. The Hall–Kier alpha value is -0.260. The lowest BCUT2D eigenvalue weighted by atomic mass is 9.51. The van der Waals surface area contributed by atoms with Crippen LogP contribution in [0.25, 0.3) is 0 Å². The Morgan fingerprint density at radius 3 is 1.79 bits per heavy atom. The largest absolute Gasteiger partial charge is 0.0707 e. The molecule has 0 spiro atoms. The Kier molecular flexibility index (Phi) is 2.63. The lowest BCUT2D eigenvalue weighted by Crippen LogP contribution is -2.45. The van der Waals surface area contributed by atoms with E-state index in [1.165, 1.54) is 0 Å². The minimum Gasteiger partial charge on any atom is -0.0707 e. The highest BCUT2D eigenvalue weighted by Gasteiger charge is 2.48. The molecule has 2 atom stereocenters. The van der Waals surface area contributed by atoms with Crippen LogP contribution in [-0.2, 0) is 0 Å². The van der Waals surface area contributed by atoms with Crippen molar-refractivity contribution in [1.29, 1.82) is 0 Å². The molecule has 14 heavy (non-hydrogen) atoms. The van der Waals surface area contributed by atoms with Gasteiger partial charge in [-0.3, -0.25) is 0 Å². The third-order valence-electron chi connectivity index (χ3n) is 5.71. The van der Waals surface area contributed by atoms with Gasteiger partial charge in [0, 0.05) is 0 Å². The number of rotatable bonds is 0. The Bertz CT molecular complexity index is 266. The minimum absolute atomic E-state index is 0.336. The van der Waals surface area contributed by atoms with Crippen molar-refractivity contribution >= 4 is 0 Å². The minimum atomic E-state index is 0.336. The lowest BCUT2D eigenvalue weighted by Gasteiger charge is -2.54. The Balaban J connectivity index is 3.33. The first-order valence-corrected chi connectivity index (χ1v) is 5.82. The quantitative estimate of drug-likeness (QED) is 0.492. The fraction of sp³-hybridized carbons (Fsp3) is 0.857. The zero-order valence-corrected chi connectivity index (χ0v) is 11.2. The van der Waals surface area contributed by atoms with Crippen LogP contribution in [0, 0.1) is 22.7 Å². The molecule has 0 aromatic rings. The molecule has 0 heterocycles. The summed E-state index contributed by atoms with van der Waals surface area (Å²) in [5.74, 6) is 1.50. The molecule has 0 radical (unpaired) electrons. The smallest absolute Gasteiger partial charge is 0.00909 e. The average molecular weight is 194 g/mol. The second-order valence-electron chi connectivity index (χ2n) is 6.23. The summed E-state index contributed by atoms with van der Waals surface area (Å²) in [5, 5.41) is 0. The molecule has 1 aliphatic carbocycles. The normalized spacial score (nSPS) is 36.0. The number of hydrogen-bond acceptors (Lipinski definition) is 0. The van der Waals surface area contributed by atoms with Gasteiger partial charge in [0.2, 0.25) is 0 Å². The third kappa shape index (κ3) is 1.26. The summed E-state index contributed by atoms with van der Waals surface area (Å²) in [4.78, 5) is 0. The first kappa shape index (κ1) is 11.8. The van der Waals surface area contributed by atoms with Crippen LogP contribution in [0.1, 0.15) is 55.4 Å². The molecule has 0 heteroatoms. The van der Waals surface area contributed by atoms with E-state index < -0.39 is 0 Å². The van der Waals surface area contributed by atoms with Crippen LogP contribution in [0.15, 0.2) is 11.1 Å². The summed E-state index contributed by atoms with van der Waals surface area (Å²) in [6.45, 7) is 19.0. The molecule has 2 unspecified atom stereocenters. The van der Waals surface area contributed by atoms with Crippen molar-refractivity contribution in [3.05, 3.63) is 11.1 Å². The van der Waals surface area contributed by atoms with Gasteiger partial charge in [0.15, 0.2) is 0 Å². The van der Waals surface area contributed by atoms with Gasteiger partial charge in [-0.2, -0.15) is 0 Å². The lowest BCUT2D eigenvalue weighted by molar-refractivity contribution is 0.0371. The summed E-state index contributed by atoms with van der Waals surface area (Å²) >= 11 is 0. The molecule has 0 N–H and O–H groups in total. The van der Waals surface area contributed by atoms with Gasteiger partial charge in [-0.25, -0.2) is 0 Å². The maximum atomic E-state index is 2.42. The number of hydrogen-bond donors (Lipinski definition) is 0. The van der Waals surface area contributed by atoms with Gasteiger partial charge in [-0.1, -0.05) is 52.7 Å². The Morgan fingerprint density at radius 2 is 1.36 bits per heavy atom. The zero-order valence-electron chi connectivity index (χ0n) is 11.2. The highest BCUT2D eigenvalue weighted by molar-refractivity contribution is 5.27. The molecule has 1 aliphatic rings. The molecule has 0 amide bonds. The van der Waals surface area contributed by atoms with Crippen molar-refractivity contribution in [3.63, 3.8) is 0 Å². The summed E-state index contributed by atoms with van der Waals surface area (Å²) in [6, 6.07) is 0. The van der Waals surface area contributed by atoms with Crippen LogP contribution in [0.4, 0.5) is 0 Å². The van der Waals surface area contributed by atoms with Gasteiger partial charge < -0.3 is 0 Å². The average Bonchev–Trinajstić information content (AvgIpc) is 2.10. The second kappa shape index (κ2) is 3.12. The predicted molar refractivity (Wildman–Crippen MR) is 64.3 cm³/mol. The van der Waals surface area contributed by atoms with E-state index in [4.69, 9.17) is 0 Å². The summed E-state index contributed by atoms with van der Waals surface area (Å²) in [5.41, 5.74) is 3.95. The van der Waals surface area contributed by atoms with E-state index in [0.717, 1.165) is 11.8 Å². The SMILES string of the molecule is CC1=C(C)C(C)(C)C(C)(C)C(C)C1C. The van der Waals surface area contributed by atoms with Crippen LogP contribution in [0.2, 0.25) is 0 Å². The molecule has 0 nitrogen and oxygen atoms in total. The van der Waals surface area contributed by atoms with E-state index in [0.29, 0.717) is 10.8 Å². The maximum absolute atomic E-state index is 2.42. The van der Waals surface area contributed by atoms with Crippen molar-refractivity contribution < 1.29 is 0 Å². The summed E-state index contributed by atoms with van der Waals surface area (Å²) in [6.07, 6.45) is 0. The molecule has 0 aliphatic heterocycles. The van der Waals surface area contributed by atoms with Crippen LogP contribution >= 0.6 is 0 Å². The van der Waals surface area contributed by atoms with Gasteiger partial charge >= 0.3 is 0 Å². The molecule has 0 fully saturated rings. The molecule has 0 saturated carbocycles. The van der Waals surface area contributed by atoms with E-state index in [9.17, 15) is 0 Å². The Labute approximate surface area is 89.8 Å². The molecular formula is C14H26. The first-order chi connectivity index (χ1) is 6.14. The highest BCUT2D eigenvalue weighted by atomic mass is 14.5. The molecule has 0 aromatic carbocycles. The number of allylic oxidation sites excluding steroid dienone is 2. The molecule has 0 aromatic heterocycles. The second-order valence-corrected chi connectivity index (χ2v) is 6.23. The zero-order chi connectivity index (χ0) is 11.3. The van der Waals surface area contributed by atoms with Crippen molar-refractivity contribution in [2.24, 2.45) is 22.7 Å². The monoisotopic (exact) mass is 194 g/mol. The van der Waals surface area contributed by atoms with Crippen LogP contribution < -0.4 is 0 Å². The topological polar surface area (TPSA) is 0 Å². The van der Waals surface area contributed by atoms with Crippen LogP contribution in [-0.4, -0.2) is 0 Å². The van der Waals surface area contributed by atoms with E-state index in [1.807, 2.05) is 0 Å². The van der Waals surface area contributed by atoms with Crippen LogP contribution in [0.3, 0.4) is 0 Å². The highest BCUT2D eigenvalue weighted by Crippen LogP contribution is 2.56. The van der Waals surface area contributed by atoms with Crippen molar-refractivity contribution in [2.45, 2.75) is 55.4 Å². The van der Waals surface area contributed by atoms with E-state index >= 15 is 0 Å². The molecular weight excluding hydrogens is 168 g/mol. The first-order valence-electron chi connectivity index (χ1n) is 5.82. The maximum Gasteiger partial charge on any atom is -0.00909 e. The molecule has 0 saturated heterocycles. The summed E-state index contributed by atoms with van der Waals surface area (Å²) < 4.78 is 0. The fourth-order valence-corrected chi connectivity index (χ4v) is 2.89. The fourth-order valence-electron chi connectivity index (χ4n) is 2.89. The molecule has 0 bridgehead atoms. The van der Waals surface area contributed by atoms with E-state index in [2.05, 4.69) is 55.4 Å². The molecule has 82 valence electrons. The van der Waals surface area contributed by atoms with Gasteiger partial charge in [-0.05, 0) is 36.5 Å². The standard InChI is InChI=1S/C14H26/c1-9-10(2)12(4)14(7,8)13(5,6)11(9)3/h9,11H,1-8H3. The van der Waals surface area contributed by atoms with Crippen molar-refractivity contribution in [2.75, 3.05) is 0 Å². The van der Waals surface area contributed by atoms with Gasteiger partial charge in [-0.15, -0.1) is 0 Å². The van der Waals surface area contributed by atoms with Gasteiger partial charge in [0.25, 0.3) is 0 Å². The summed E-state index contributed by atoms with van der Waals surface area (Å²) in [7, 11) is 0. The van der Waals surface area contributed by atoms with E-state index in [1.54, 1.807) is 11.1 Å². The molecule has 1 rings (SSSR count). The van der Waals surface area contributed by atoms with Gasteiger partial charge in [0.05, 0.1) is 0 Å². The van der Waals surface area contributed by atoms with Crippen molar-refractivity contribution in [3.8, 4) is 0 Å². The Morgan fingerprint density at radius 1 is 0.929 bits per heavy atom. The van der Waals surface area contributed by atoms with E-state index in [-0.39, 0.29) is 0 Å². The van der Waals surface area contributed by atoms with Crippen LogP contribution in [0.5, 0.6) is 0 Å². The third-order valence-corrected chi connectivity index (χ3v) is 5.71. The van der Waals surface area contributed by atoms with Gasteiger partial charge in [0.1, 0.15) is 0 Å². The van der Waals surface area contributed by atoms with Crippen molar-refractivity contribution in [1.82, 2.24) is 0 Å².